The molecule has 1 aromatic carbocycles. The van der Waals surface area contributed by atoms with Gasteiger partial charge in [-0.2, -0.15) is 0 Å². The van der Waals surface area contributed by atoms with Crippen molar-refractivity contribution in [2.75, 3.05) is 20.6 Å². The lowest BCUT2D eigenvalue weighted by atomic mass is 10.1. The molecule has 0 saturated heterocycles. The molecule has 2 rings (SSSR count). The van der Waals surface area contributed by atoms with Crippen LogP contribution >= 0.6 is 0 Å². The highest BCUT2D eigenvalue weighted by Gasteiger charge is 2.32. The number of nitrogens with zero attached hydrogens (tertiary/aromatic N) is 1. The Morgan fingerprint density at radius 3 is 2.35 bits per heavy atom. The van der Waals surface area contributed by atoms with Gasteiger partial charge in [0, 0.05) is 19.6 Å². The molecule has 0 aromatic heterocycles. The SMILES string of the molecule is CNCc1ccc(CN(C)CC2CC2C)cc1. The first kappa shape index (κ1) is 12.6. The van der Waals surface area contributed by atoms with Gasteiger partial charge in [-0.3, -0.25) is 0 Å². The van der Waals surface area contributed by atoms with Crippen LogP contribution in [0.5, 0.6) is 0 Å². The standard InChI is InChI=1S/C15H24N2/c1-12-8-15(12)11-17(3)10-14-6-4-13(5-7-14)9-16-2/h4-7,12,15-16H,8-11H2,1-3H3. The lowest BCUT2D eigenvalue weighted by Gasteiger charge is -2.16. The molecule has 0 spiro atoms. The van der Waals surface area contributed by atoms with E-state index in [1.165, 1.54) is 24.1 Å². The maximum absolute atomic E-state index is 3.17. The van der Waals surface area contributed by atoms with Crippen LogP contribution < -0.4 is 5.32 Å². The Labute approximate surface area is 105 Å². The second-order valence-corrected chi connectivity index (χ2v) is 5.52. The fraction of sp³-hybridized carbons (Fsp3) is 0.600. The molecule has 0 bridgehead atoms. The fourth-order valence-electron chi connectivity index (χ4n) is 2.40. The van der Waals surface area contributed by atoms with Crippen LogP contribution in [0, 0.1) is 11.8 Å². The second-order valence-electron chi connectivity index (χ2n) is 5.52. The van der Waals surface area contributed by atoms with E-state index >= 15 is 0 Å². The van der Waals surface area contributed by atoms with Crippen molar-refractivity contribution in [3.8, 4) is 0 Å². The van der Waals surface area contributed by atoms with E-state index in [9.17, 15) is 0 Å². The van der Waals surface area contributed by atoms with Gasteiger partial charge in [0.15, 0.2) is 0 Å². The largest absolute Gasteiger partial charge is 0.316 e. The molecule has 2 unspecified atom stereocenters. The molecule has 1 N–H and O–H groups in total. The van der Waals surface area contributed by atoms with Crippen molar-refractivity contribution in [3.05, 3.63) is 35.4 Å². The Hall–Kier alpha value is -0.860. The van der Waals surface area contributed by atoms with Gasteiger partial charge >= 0.3 is 0 Å². The number of hydrogen-bond acceptors (Lipinski definition) is 2. The Kier molecular flexibility index (Phi) is 4.19. The molecule has 1 aromatic rings. The highest BCUT2D eigenvalue weighted by atomic mass is 15.1. The molecule has 2 nitrogen and oxygen atoms in total. The van der Waals surface area contributed by atoms with Crippen LogP contribution in [-0.2, 0) is 13.1 Å². The fourth-order valence-corrected chi connectivity index (χ4v) is 2.40. The van der Waals surface area contributed by atoms with Gasteiger partial charge in [0.2, 0.25) is 0 Å². The minimum absolute atomic E-state index is 0.948. The summed E-state index contributed by atoms with van der Waals surface area (Å²) in [6.07, 6.45) is 1.42. The summed E-state index contributed by atoms with van der Waals surface area (Å²) in [6, 6.07) is 8.94. The lowest BCUT2D eigenvalue weighted by molar-refractivity contribution is 0.307. The van der Waals surface area contributed by atoms with Crippen LogP contribution in [0.3, 0.4) is 0 Å². The average Bonchev–Trinajstić information content (AvgIpc) is 2.97. The van der Waals surface area contributed by atoms with E-state index in [0.717, 1.165) is 24.9 Å². The zero-order chi connectivity index (χ0) is 12.3. The molecule has 2 heteroatoms. The van der Waals surface area contributed by atoms with Crippen LogP contribution in [0.4, 0.5) is 0 Å². The van der Waals surface area contributed by atoms with E-state index < -0.39 is 0 Å². The summed E-state index contributed by atoms with van der Waals surface area (Å²) >= 11 is 0. The van der Waals surface area contributed by atoms with Crippen LogP contribution in [0.15, 0.2) is 24.3 Å². The second kappa shape index (κ2) is 5.65. The van der Waals surface area contributed by atoms with E-state index in [1.54, 1.807) is 0 Å². The van der Waals surface area contributed by atoms with Crippen molar-refractivity contribution in [2.24, 2.45) is 11.8 Å². The molecule has 0 aliphatic heterocycles. The van der Waals surface area contributed by atoms with Crippen molar-refractivity contribution in [1.82, 2.24) is 10.2 Å². The minimum Gasteiger partial charge on any atom is -0.316 e. The van der Waals surface area contributed by atoms with E-state index in [4.69, 9.17) is 0 Å². The van der Waals surface area contributed by atoms with E-state index in [-0.39, 0.29) is 0 Å². The molecule has 2 atom stereocenters. The number of benzene rings is 1. The van der Waals surface area contributed by atoms with Crippen molar-refractivity contribution in [2.45, 2.75) is 26.4 Å². The zero-order valence-electron chi connectivity index (χ0n) is 11.2. The molecule has 94 valence electrons. The number of rotatable bonds is 6. The first-order valence-electron chi connectivity index (χ1n) is 6.60. The molecular formula is C15H24N2. The highest BCUT2D eigenvalue weighted by Crippen LogP contribution is 2.38. The van der Waals surface area contributed by atoms with Crippen molar-refractivity contribution in [3.63, 3.8) is 0 Å². The molecule has 1 aliphatic rings. The van der Waals surface area contributed by atoms with Crippen LogP contribution in [0.1, 0.15) is 24.5 Å². The minimum atomic E-state index is 0.948. The van der Waals surface area contributed by atoms with E-state index in [1.807, 2.05) is 7.05 Å². The smallest absolute Gasteiger partial charge is 0.0230 e. The third-order valence-electron chi connectivity index (χ3n) is 3.68. The molecule has 1 aliphatic carbocycles. The predicted octanol–water partition coefficient (Wildman–Crippen LogP) is 2.49. The average molecular weight is 232 g/mol. The van der Waals surface area contributed by atoms with Gasteiger partial charge in [-0.25, -0.2) is 0 Å². The number of hydrogen-bond donors (Lipinski definition) is 1. The Morgan fingerprint density at radius 1 is 1.24 bits per heavy atom. The Balaban J connectivity index is 1.81. The van der Waals surface area contributed by atoms with Crippen molar-refractivity contribution < 1.29 is 0 Å². The summed E-state index contributed by atoms with van der Waals surface area (Å²) in [4.78, 5) is 2.45. The molecule has 0 amide bonds. The summed E-state index contributed by atoms with van der Waals surface area (Å²) in [6.45, 7) is 5.63. The Morgan fingerprint density at radius 2 is 1.82 bits per heavy atom. The third kappa shape index (κ3) is 3.83. The van der Waals surface area contributed by atoms with Gasteiger partial charge in [-0.1, -0.05) is 31.2 Å². The van der Waals surface area contributed by atoms with Gasteiger partial charge in [-0.15, -0.1) is 0 Å². The lowest BCUT2D eigenvalue weighted by Crippen LogP contribution is -2.20. The third-order valence-corrected chi connectivity index (χ3v) is 3.68. The van der Waals surface area contributed by atoms with Gasteiger partial charge < -0.3 is 10.2 Å². The molecular weight excluding hydrogens is 208 g/mol. The van der Waals surface area contributed by atoms with E-state index in [2.05, 4.69) is 48.5 Å². The molecule has 1 fully saturated rings. The summed E-state index contributed by atoms with van der Waals surface area (Å²) in [5.74, 6) is 1.90. The first-order chi connectivity index (χ1) is 8.19. The predicted molar refractivity (Wildman–Crippen MR) is 72.8 cm³/mol. The normalized spacial score (nSPS) is 23.1. The zero-order valence-corrected chi connectivity index (χ0v) is 11.2. The molecule has 1 saturated carbocycles. The van der Waals surface area contributed by atoms with Gasteiger partial charge in [0.1, 0.15) is 0 Å². The van der Waals surface area contributed by atoms with Gasteiger partial charge in [0.05, 0.1) is 0 Å². The Bertz CT molecular complexity index is 344. The van der Waals surface area contributed by atoms with Crippen molar-refractivity contribution in [1.29, 1.82) is 0 Å². The van der Waals surface area contributed by atoms with E-state index in [0.29, 0.717) is 0 Å². The summed E-state index contributed by atoms with van der Waals surface area (Å²) < 4.78 is 0. The maximum Gasteiger partial charge on any atom is 0.0230 e. The molecule has 0 heterocycles. The summed E-state index contributed by atoms with van der Waals surface area (Å²) in [5, 5.41) is 3.17. The summed E-state index contributed by atoms with van der Waals surface area (Å²) in [7, 11) is 4.21. The van der Waals surface area contributed by atoms with Crippen molar-refractivity contribution >= 4 is 0 Å². The van der Waals surface area contributed by atoms with Crippen LogP contribution in [0.25, 0.3) is 0 Å². The molecule has 0 radical (unpaired) electrons. The van der Waals surface area contributed by atoms with Crippen LogP contribution in [-0.4, -0.2) is 25.5 Å². The quantitative estimate of drug-likeness (QED) is 0.810. The van der Waals surface area contributed by atoms with Gasteiger partial charge in [0.25, 0.3) is 0 Å². The monoisotopic (exact) mass is 232 g/mol. The molecule has 17 heavy (non-hydrogen) atoms. The first-order valence-corrected chi connectivity index (χ1v) is 6.60. The highest BCUT2D eigenvalue weighted by molar-refractivity contribution is 5.22. The van der Waals surface area contributed by atoms with Crippen LogP contribution in [0.2, 0.25) is 0 Å². The topological polar surface area (TPSA) is 15.3 Å². The maximum atomic E-state index is 3.17. The summed E-state index contributed by atoms with van der Waals surface area (Å²) in [5.41, 5.74) is 2.77. The van der Waals surface area contributed by atoms with Gasteiger partial charge in [-0.05, 0) is 43.5 Å². The number of nitrogens with one attached hydrogen (secondary N) is 1.